The minimum absolute atomic E-state index is 0.544. The lowest BCUT2D eigenvalue weighted by molar-refractivity contribution is -0.117. The van der Waals surface area contributed by atoms with Crippen molar-refractivity contribution >= 4 is 17.5 Å². The van der Waals surface area contributed by atoms with Gasteiger partial charge in [-0.05, 0) is 6.42 Å². The van der Waals surface area contributed by atoms with Crippen molar-refractivity contribution in [3.8, 4) is 0 Å². The molecular weight excluding hydrogens is 190 g/mol. The molecule has 1 atom stereocenters. The van der Waals surface area contributed by atoms with Crippen LogP contribution < -0.4 is 5.73 Å². The minimum atomic E-state index is -0.773. The van der Waals surface area contributed by atoms with Gasteiger partial charge in [0.1, 0.15) is 5.38 Å². The smallest absolute Gasteiger partial charge is 0.240 e. The molecule has 72 valence electrons. The minimum Gasteiger partial charge on any atom is -0.368 e. The molecule has 0 radical (unpaired) electrons. The van der Waals surface area contributed by atoms with E-state index in [1.165, 1.54) is 0 Å². The van der Waals surface area contributed by atoms with Gasteiger partial charge in [0.25, 0.3) is 0 Å². The van der Waals surface area contributed by atoms with Crippen LogP contribution in [-0.4, -0.2) is 15.7 Å². The van der Waals surface area contributed by atoms with E-state index in [9.17, 15) is 4.79 Å². The molecule has 2 N–H and O–H groups in total. The van der Waals surface area contributed by atoms with Crippen molar-refractivity contribution in [1.82, 2.24) is 9.78 Å². The van der Waals surface area contributed by atoms with Gasteiger partial charge >= 0.3 is 0 Å². The number of nitrogens with zero attached hydrogens (tertiary/aromatic N) is 2. The van der Waals surface area contributed by atoms with Crippen LogP contribution in [0.15, 0.2) is 12.4 Å². The van der Waals surface area contributed by atoms with Crippen LogP contribution in [0.2, 0.25) is 0 Å². The zero-order chi connectivity index (χ0) is 9.84. The van der Waals surface area contributed by atoms with Gasteiger partial charge in [-0.25, -0.2) is 0 Å². The van der Waals surface area contributed by atoms with E-state index < -0.39 is 11.3 Å². The van der Waals surface area contributed by atoms with Crippen molar-refractivity contribution in [2.45, 2.75) is 25.3 Å². The van der Waals surface area contributed by atoms with Gasteiger partial charge in [0.2, 0.25) is 5.91 Å². The van der Waals surface area contributed by atoms with E-state index >= 15 is 0 Å². The molecule has 0 aliphatic rings. The van der Waals surface area contributed by atoms with Gasteiger partial charge in [-0.1, -0.05) is 6.92 Å². The van der Waals surface area contributed by atoms with Crippen molar-refractivity contribution < 1.29 is 4.79 Å². The molecule has 4 nitrogen and oxygen atoms in total. The Balaban J connectivity index is 2.73. The lowest BCUT2D eigenvalue weighted by atomic mass is 10.2. The van der Waals surface area contributed by atoms with Gasteiger partial charge in [-0.3, -0.25) is 9.48 Å². The Morgan fingerprint density at radius 3 is 3.08 bits per heavy atom. The van der Waals surface area contributed by atoms with E-state index in [4.69, 9.17) is 17.3 Å². The lowest BCUT2D eigenvalue weighted by Gasteiger charge is -1.99. The second-order valence-electron chi connectivity index (χ2n) is 2.80. The summed E-state index contributed by atoms with van der Waals surface area (Å²) < 4.78 is 1.74. The maximum atomic E-state index is 10.7. The van der Waals surface area contributed by atoms with E-state index in [2.05, 4.69) is 5.10 Å². The van der Waals surface area contributed by atoms with Crippen molar-refractivity contribution in [2.24, 2.45) is 5.73 Å². The molecule has 0 aliphatic carbocycles. The van der Waals surface area contributed by atoms with Crippen molar-refractivity contribution in [3.05, 3.63) is 18.0 Å². The molecule has 0 spiro atoms. The number of nitrogens with two attached hydrogens (primary N) is 1. The normalized spacial score (nSPS) is 12.8. The highest BCUT2D eigenvalue weighted by Crippen LogP contribution is 2.18. The fraction of sp³-hybridized carbons (Fsp3) is 0.500. The molecule has 13 heavy (non-hydrogen) atoms. The van der Waals surface area contributed by atoms with Gasteiger partial charge in [0.15, 0.2) is 0 Å². The van der Waals surface area contributed by atoms with Gasteiger partial charge in [0, 0.05) is 18.3 Å². The van der Waals surface area contributed by atoms with Crippen LogP contribution in [0, 0.1) is 0 Å². The van der Waals surface area contributed by atoms with E-state index in [-0.39, 0.29) is 0 Å². The third-order valence-corrected chi connectivity index (χ3v) is 2.12. The fourth-order valence-electron chi connectivity index (χ4n) is 1.03. The van der Waals surface area contributed by atoms with Gasteiger partial charge in [-0.2, -0.15) is 5.10 Å². The maximum Gasteiger partial charge on any atom is 0.240 e. The summed E-state index contributed by atoms with van der Waals surface area (Å²) in [6.07, 6.45) is 4.30. The summed E-state index contributed by atoms with van der Waals surface area (Å²) in [5, 5.41) is 3.26. The molecular formula is C8H12ClN3O. The Kier molecular flexibility index (Phi) is 3.31. The molecule has 0 bridgehead atoms. The molecule has 0 fully saturated rings. The lowest BCUT2D eigenvalue weighted by Crippen LogP contribution is -2.16. The highest BCUT2D eigenvalue weighted by Gasteiger charge is 2.15. The molecule has 0 aliphatic heterocycles. The van der Waals surface area contributed by atoms with E-state index in [1.807, 2.05) is 6.92 Å². The molecule has 1 heterocycles. The third-order valence-electron chi connectivity index (χ3n) is 1.65. The molecule has 0 aromatic carbocycles. The first-order valence-corrected chi connectivity index (χ1v) is 4.54. The SMILES string of the molecule is CCCn1cc(C(Cl)C(N)=O)cn1. The Morgan fingerprint density at radius 2 is 2.54 bits per heavy atom. The average molecular weight is 202 g/mol. The Bertz CT molecular complexity index is 297. The molecule has 0 saturated carbocycles. The van der Waals surface area contributed by atoms with Crippen LogP contribution in [0.5, 0.6) is 0 Å². The quantitative estimate of drug-likeness (QED) is 0.741. The summed E-state index contributed by atoms with van der Waals surface area (Å²) in [5.41, 5.74) is 5.70. The summed E-state index contributed by atoms with van der Waals surface area (Å²) in [4.78, 5) is 10.7. The molecule has 1 rings (SSSR count). The first-order valence-electron chi connectivity index (χ1n) is 4.11. The number of carbonyl (C=O) groups excluding carboxylic acids is 1. The first kappa shape index (κ1) is 10.1. The fourth-order valence-corrected chi connectivity index (χ4v) is 1.14. The number of halogens is 1. The van der Waals surface area contributed by atoms with Crippen LogP contribution >= 0.6 is 11.6 Å². The summed E-state index contributed by atoms with van der Waals surface area (Å²) >= 11 is 5.73. The van der Waals surface area contributed by atoms with E-state index in [0.29, 0.717) is 5.56 Å². The number of carbonyl (C=O) groups is 1. The molecule has 1 amide bonds. The summed E-state index contributed by atoms with van der Waals surface area (Å²) in [5.74, 6) is -0.544. The number of alkyl halides is 1. The predicted molar refractivity (Wildman–Crippen MR) is 50.3 cm³/mol. The van der Waals surface area contributed by atoms with E-state index in [1.54, 1.807) is 17.1 Å². The molecule has 1 aromatic heterocycles. The summed E-state index contributed by atoms with van der Waals surface area (Å²) in [6.45, 7) is 2.87. The third kappa shape index (κ3) is 2.45. The summed E-state index contributed by atoms with van der Waals surface area (Å²) in [7, 11) is 0. The van der Waals surface area contributed by atoms with Crippen LogP contribution in [0.1, 0.15) is 24.3 Å². The Hall–Kier alpha value is -1.03. The molecule has 5 heteroatoms. The Morgan fingerprint density at radius 1 is 1.85 bits per heavy atom. The van der Waals surface area contributed by atoms with Crippen LogP contribution in [0.25, 0.3) is 0 Å². The van der Waals surface area contributed by atoms with Crippen molar-refractivity contribution in [2.75, 3.05) is 0 Å². The van der Waals surface area contributed by atoms with Crippen molar-refractivity contribution in [3.63, 3.8) is 0 Å². The van der Waals surface area contributed by atoms with Gasteiger partial charge < -0.3 is 5.73 Å². The first-order chi connectivity index (χ1) is 6.15. The standard InChI is InChI=1S/C8H12ClN3O/c1-2-3-12-5-6(4-11-12)7(9)8(10)13/h4-5,7H,2-3H2,1H3,(H2,10,13). The number of rotatable bonds is 4. The van der Waals surface area contributed by atoms with Crippen molar-refractivity contribution in [1.29, 1.82) is 0 Å². The topological polar surface area (TPSA) is 60.9 Å². The Labute approximate surface area is 81.7 Å². The zero-order valence-electron chi connectivity index (χ0n) is 7.40. The number of amides is 1. The second-order valence-corrected chi connectivity index (χ2v) is 3.24. The monoisotopic (exact) mass is 201 g/mol. The largest absolute Gasteiger partial charge is 0.368 e. The van der Waals surface area contributed by atoms with Gasteiger partial charge in [-0.15, -0.1) is 11.6 Å². The average Bonchev–Trinajstić information content (AvgIpc) is 2.52. The number of primary amides is 1. The number of hydrogen-bond donors (Lipinski definition) is 1. The second kappa shape index (κ2) is 4.28. The van der Waals surface area contributed by atoms with E-state index in [0.717, 1.165) is 13.0 Å². The number of aromatic nitrogens is 2. The highest BCUT2D eigenvalue weighted by atomic mass is 35.5. The zero-order valence-corrected chi connectivity index (χ0v) is 8.16. The maximum absolute atomic E-state index is 10.7. The van der Waals surface area contributed by atoms with Crippen LogP contribution in [0.4, 0.5) is 0 Å². The summed E-state index contributed by atoms with van der Waals surface area (Å²) in [6, 6.07) is 0. The van der Waals surface area contributed by atoms with Crippen LogP contribution in [-0.2, 0) is 11.3 Å². The van der Waals surface area contributed by atoms with Crippen LogP contribution in [0.3, 0.4) is 0 Å². The van der Waals surface area contributed by atoms with Gasteiger partial charge in [0.05, 0.1) is 6.20 Å². The predicted octanol–water partition coefficient (Wildman–Crippen LogP) is 1.06. The molecule has 1 unspecified atom stereocenters. The number of hydrogen-bond acceptors (Lipinski definition) is 2. The number of aryl methyl sites for hydroxylation is 1. The molecule has 0 saturated heterocycles. The highest BCUT2D eigenvalue weighted by molar-refractivity contribution is 6.30. The molecule has 1 aromatic rings.